The summed E-state index contributed by atoms with van der Waals surface area (Å²) in [7, 11) is 0. The van der Waals surface area contributed by atoms with Crippen molar-refractivity contribution in [1.82, 2.24) is 15.3 Å². The first-order chi connectivity index (χ1) is 14.9. The number of carbonyl (C=O) groups excluding carboxylic acids is 1. The van der Waals surface area contributed by atoms with Crippen LogP contribution in [-0.2, 0) is 17.6 Å². The average Bonchev–Trinajstić information content (AvgIpc) is 2.77. The number of nitrogens with two attached hydrogens (primary N) is 1. The summed E-state index contributed by atoms with van der Waals surface area (Å²) in [5, 5.41) is 12.1. The zero-order chi connectivity index (χ0) is 22.2. The van der Waals surface area contributed by atoms with Crippen LogP contribution in [0.5, 0.6) is 5.75 Å². The van der Waals surface area contributed by atoms with E-state index in [1.165, 1.54) is 0 Å². The molecule has 1 aromatic heterocycles. The van der Waals surface area contributed by atoms with Gasteiger partial charge in [0.25, 0.3) is 5.56 Å². The minimum absolute atomic E-state index is 0.176. The molecular formula is C24H28N4O3. The molecule has 0 bridgehead atoms. The molecule has 31 heavy (non-hydrogen) atoms. The standard InChI is InChI=1S/C24H28N4O3/c1-16-22(18-7-3-2-4-8-18)28-24(31)21(27-16)9-5-6-14-26-23(30)20(25)15-17-10-12-19(29)13-11-17/h2-4,7-8,10-13,20,29H,5-6,9,14-15,25H2,1H3,(H,26,30)(H,28,31)/t20-/m0/s1. The van der Waals surface area contributed by atoms with Crippen LogP contribution in [0, 0.1) is 6.92 Å². The molecule has 5 N–H and O–H groups in total. The lowest BCUT2D eigenvalue weighted by atomic mass is 10.1. The number of aromatic amines is 1. The van der Waals surface area contributed by atoms with Crippen molar-refractivity contribution in [2.75, 3.05) is 6.54 Å². The summed E-state index contributed by atoms with van der Waals surface area (Å²) in [6, 6.07) is 15.6. The van der Waals surface area contributed by atoms with Crippen molar-refractivity contribution in [3.63, 3.8) is 0 Å². The molecule has 3 rings (SSSR count). The molecule has 1 atom stereocenters. The van der Waals surface area contributed by atoms with E-state index in [2.05, 4.69) is 15.3 Å². The molecule has 0 saturated carbocycles. The van der Waals surface area contributed by atoms with Crippen molar-refractivity contribution < 1.29 is 9.90 Å². The lowest BCUT2D eigenvalue weighted by Crippen LogP contribution is -2.42. The number of amides is 1. The Morgan fingerprint density at radius 1 is 1.13 bits per heavy atom. The Bertz CT molecular complexity index is 1060. The minimum Gasteiger partial charge on any atom is -0.508 e. The molecular weight excluding hydrogens is 392 g/mol. The number of unbranched alkanes of at least 4 members (excludes halogenated alkanes) is 1. The molecule has 7 heteroatoms. The number of hydrogen-bond acceptors (Lipinski definition) is 5. The van der Waals surface area contributed by atoms with Gasteiger partial charge in [0, 0.05) is 6.54 Å². The topological polar surface area (TPSA) is 121 Å². The monoisotopic (exact) mass is 420 g/mol. The second-order valence-corrected chi connectivity index (χ2v) is 7.56. The SMILES string of the molecule is Cc1nc(CCCCNC(=O)[C@@H](N)Cc2ccc(O)cc2)c(=O)[nH]c1-c1ccccc1. The van der Waals surface area contributed by atoms with Crippen molar-refractivity contribution in [2.24, 2.45) is 5.73 Å². The minimum atomic E-state index is -0.651. The molecule has 0 saturated heterocycles. The summed E-state index contributed by atoms with van der Waals surface area (Å²) in [5.74, 6) is -0.0351. The molecule has 0 fully saturated rings. The van der Waals surface area contributed by atoms with E-state index in [9.17, 15) is 14.7 Å². The highest BCUT2D eigenvalue weighted by atomic mass is 16.3. The number of H-pyrrole nitrogens is 1. The van der Waals surface area contributed by atoms with Gasteiger partial charge in [0.2, 0.25) is 5.91 Å². The van der Waals surface area contributed by atoms with Crippen LogP contribution in [0.15, 0.2) is 59.4 Å². The third kappa shape index (κ3) is 6.26. The lowest BCUT2D eigenvalue weighted by Gasteiger charge is -2.12. The van der Waals surface area contributed by atoms with E-state index < -0.39 is 6.04 Å². The first kappa shape index (κ1) is 22.2. The smallest absolute Gasteiger partial charge is 0.270 e. The number of hydrogen-bond donors (Lipinski definition) is 4. The fourth-order valence-electron chi connectivity index (χ4n) is 3.38. The number of aromatic nitrogens is 2. The Morgan fingerprint density at radius 2 is 1.84 bits per heavy atom. The summed E-state index contributed by atoms with van der Waals surface area (Å²) >= 11 is 0. The van der Waals surface area contributed by atoms with Crippen molar-refractivity contribution >= 4 is 5.91 Å². The molecule has 0 aliphatic carbocycles. The van der Waals surface area contributed by atoms with E-state index in [1.807, 2.05) is 37.3 Å². The van der Waals surface area contributed by atoms with Crippen LogP contribution in [0.4, 0.5) is 0 Å². The number of phenolic OH excluding ortho intramolecular Hbond substituents is 1. The van der Waals surface area contributed by atoms with Gasteiger partial charge >= 0.3 is 0 Å². The Labute approximate surface area is 181 Å². The van der Waals surface area contributed by atoms with Crippen LogP contribution in [-0.4, -0.2) is 33.6 Å². The second kappa shape index (κ2) is 10.5. The van der Waals surface area contributed by atoms with E-state index >= 15 is 0 Å². The third-order valence-electron chi connectivity index (χ3n) is 5.10. The molecule has 0 unspecified atom stereocenters. The van der Waals surface area contributed by atoms with Crippen LogP contribution in [0.3, 0.4) is 0 Å². The summed E-state index contributed by atoms with van der Waals surface area (Å²) in [4.78, 5) is 32.0. The summed E-state index contributed by atoms with van der Waals surface area (Å²) in [6.07, 6.45) is 2.39. The van der Waals surface area contributed by atoms with Crippen LogP contribution in [0.1, 0.15) is 29.8 Å². The fraction of sp³-hybridized carbons (Fsp3) is 0.292. The van der Waals surface area contributed by atoms with Gasteiger partial charge in [-0.2, -0.15) is 0 Å². The number of aryl methyl sites for hydroxylation is 2. The van der Waals surface area contributed by atoms with Gasteiger partial charge in [0.05, 0.1) is 17.4 Å². The molecule has 2 aromatic carbocycles. The van der Waals surface area contributed by atoms with Crippen molar-refractivity contribution in [3.05, 3.63) is 81.9 Å². The average molecular weight is 421 g/mol. The maximum Gasteiger partial charge on any atom is 0.270 e. The zero-order valence-corrected chi connectivity index (χ0v) is 17.6. The van der Waals surface area contributed by atoms with Crippen LogP contribution < -0.4 is 16.6 Å². The highest BCUT2D eigenvalue weighted by Crippen LogP contribution is 2.18. The lowest BCUT2D eigenvalue weighted by molar-refractivity contribution is -0.122. The molecule has 0 radical (unpaired) electrons. The van der Waals surface area contributed by atoms with E-state index in [0.717, 1.165) is 35.4 Å². The Kier molecular flexibility index (Phi) is 7.56. The van der Waals surface area contributed by atoms with Crippen LogP contribution in [0.2, 0.25) is 0 Å². The Hall–Kier alpha value is -3.45. The van der Waals surface area contributed by atoms with Gasteiger partial charge in [-0.3, -0.25) is 14.6 Å². The highest BCUT2D eigenvalue weighted by Gasteiger charge is 2.14. The first-order valence-electron chi connectivity index (χ1n) is 10.4. The highest BCUT2D eigenvalue weighted by molar-refractivity contribution is 5.81. The van der Waals surface area contributed by atoms with Gasteiger partial charge in [-0.25, -0.2) is 0 Å². The van der Waals surface area contributed by atoms with Gasteiger partial charge in [-0.05, 0) is 55.9 Å². The van der Waals surface area contributed by atoms with Gasteiger partial charge in [-0.1, -0.05) is 42.5 Å². The Morgan fingerprint density at radius 3 is 2.55 bits per heavy atom. The van der Waals surface area contributed by atoms with Gasteiger partial charge in [-0.15, -0.1) is 0 Å². The predicted octanol–water partition coefficient (Wildman–Crippen LogP) is 2.46. The third-order valence-corrected chi connectivity index (χ3v) is 5.10. The van der Waals surface area contributed by atoms with E-state index in [-0.39, 0.29) is 17.2 Å². The number of rotatable bonds is 9. The molecule has 1 heterocycles. The maximum atomic E-state index is 12.4. The van der Waals surface area contributed by atoms with Crippen LogP contribution in [0.25, 0.3) is 11.3 Å². The maximum absolute atomic E-state index is 12.4. The molecule has 7 nitrogen and oxygen atoms in total. The van der Waals surface area contributed by atoms with Crippen LogP contribution >= 0.6 is 0 Å². The molecule has 162 valence electrons. The second-order valence-electron chi connectivity index (χ2n) is 7.56. The summed E-state index contributed by atoms with van der Waals surface area (Å²) in [6.45, 7) is 2.37. The van der Waals surface area contributed by atoms with E-state index in [0.29, 0.717) is 25.1 Å². The first-order valence-corrected chi connectivity index (χ1v) is 10.4. The number of carbonyl (C=O) groups is 1. The molecule has 0 aliphatic heterocycles. The number of benzene rings is 2. The Balaban J connectivity index is 1.44. The van der Waals surface area contributed by atoms with Gasteiger partial charge in [0.1, 0.15) is 11.4 Å². The number of phenols is 1. The number of nitrogens with one attached hydrogen (secondary N) is 2. The summed E-state index contributed by atoms with van der Waals surface area (Å²) < 4.78 is 0. The molecule has 0 aliphatic rings. The van der Waals surface area contributed by atoms with Gasteiger partial charge < -0.3 is 21.1 Å². The van der Waals surface area contributed by atoms with E-state index in [4.69, 9.17) is 5.73 Å². The van der Waals surface area contributed by atoms with Crippen molar-refractivity contribution in [2.45, 2.75) is 38.6 Å². The fourth-order valence-corrected chi connectivity index (χ4v) is 3.38. The number of aromatic hydroxyl groups is 1. The van der Waals surface area contributed by atoms with Crippen molar-refractivity contribution in [1.29, 1.82) is 0 Å². The van der Waals surface area contributed by atoms with Crippen molar-refractivity contribution in [3.8, 4) is 17.0 Å². The molecule has 3 aromatic rings. The zero-order valence-electron chi connectivity index (χ0n) is 17.6. The van der Waals surface area contributed by atoms with Gasteiger partial charge in [0.15, 0.2) is 0 Å². The normalized spacial score (nSPS) is 11.8. The predicted molar refractivity (Wildman–Crippen MR) is 121 cm³/mol. The number of nitrogens with zero attached hydrogens (tertiary/aromatic N) is 1. The van der Waals surface area contributed by atoms with E-state index in [1.54, 1.807) is 24.3 Å². The quantitative estimate of drug-likeness (QED) is 0.396. The molecule has 1 amide bonds. The largest absolute Gasteiger partial charge is 0.508 e. The summed E-state index contributed by atoms with van der Waals surface area (Å²) in [5.41, 5.74) is 9.64. The molecule has 0 spiro atoms.